The molecule has 0 aromatic carbocycles. The van der Waals surface area contributed by atoms with Crippen LogP contribution in [0.15, 0.2) is 0 Å². The summed E-state index contributed by atoms with van der Waals surface area (Å²) < 4.78 is 21.9. The van der Waals surface area contributed by atoms with E-state index in [4.69, 9.17) is 11.6 Å². The van der Waals surface area contributed by atoms with Crippen molar-refractivity contribution in [2.75, 3.05) is 37.5 Å². The number of piperidine rings is 1. The summed E-state index contributed by atoms with van der Waals surface area (Å²) in [6.45, 7) is 3.05. The SMILES string of the molecule is CS(=O)(=O)CCCN1CCC(CCl)CC1. The minimum absolute atomic E-state index is 0.308. The van der Waals surface area contributed by atoms with Crippen LogP contribution < -0.4 is 0 Å². The van der Waals surface area contributed by atoms with Crippen molar-refractivity contribution in [2.45, 2.75) is 19.3 Å². The van der Waals surface area contributed by atoms with Crippen molar-refractivity contribution >= 4 is 21.4 Å². The summed E-state index contributed by atoms with van der Waals surface area (Å²) in [5.74, 6) is 1.73. The highest BCUT2D eigenvalue weighted by Crippen LogP contribution is 2.18. The Morgan fingerprint density at radius 1 is 1.33 bits per heavy atom. The van der Waals surface area contributed by atoms with E-state index in [1.807, 2.05) is 0 Å². The Balaban J connectivity index is 2.14. The minimum Gasteiger partial charge on any atom is -0.303 e. The molecule has 0 N–H and O–H groups in total. The maximum absolute atomic E-state index is 10.9. The highest BCUT2D eigenvalue weighted by atomic mass is 35.5. The molecule has 15 heavy (non-hydrogen) atoms. The topological polar surface area (TPSA) is 37.4 Å². The number of hydrogen-bond acceptors (Lipinski definition) is 3. The largest absolute Gasteiger partial charge is 0.303 e. The highest BCUT2D eigenvalue weighted by Gasteiger charge is 2.18. The van der Waals surface area contributed by atoms with Crippen molar-refractivity contribution in [1.29, 1.82) is 0 Å². The van der Waals surface area contributed by atoms with Crippen LogP contribution in [0.2, 0.25) is 0 Å². The van der Waals surface area contributed by atoms with E-state index in [0.29, 0.717) is 11.7 Å². The highest BCUT2D eigenvalue weighted by molar-refractivity contribution is 7.90. The van der Waals surface area contributed by atoms with Gasteiger partial charge in [0.2, 0.25) is 0 Å². The molecule has 0 aromatic rings. The standard InChI is InChI=1S/C10H20ClNO2S/c1-15(13,14)8-2-5-12-6-3-10(9-11)4-7-12/h10H,2-9H2,1H3. The van der Waals surface area contributed by atoms with Crippen molar-refractivity contribution in [3.05, 3.63) is 0 Å². The van der Waals surface area contributed by atoms with Gasteiger partial charge in [0.15, 0.2) is 0 Å². The molecule has 1 heterocycles. The van der Waals surface area contributed by atoms with Crippen molar-refractivity contribution in [3.63, 3.8) is 0 Å². The van der Waals surface area contributed by atoms with Crippen molar-refractivity contribution < 1.29 is 8.42 Å². The van der Waals surface area contributed by atoms with Gasteiger partial charge in [-0.25, -0.2) is 8.42 Å². The summed E-state index contributed by atoms with van der Waals surface area (Å²) in [6, 6.07) is 0. The molecule has 90 valence electrons. The van der Waals surface area contributed by atoms with Gasteiger partial charge in [-0.15, -0.1) is 11.6 Å². The molecule has 1 saturated heterocycles. The van der Waals surface area contributed by atoms with Gasteiger partial charge in [0.1, 0.15) is 9.84 Å². The Labute approximate surface area is 97.7 Å². The second-order valence-electron chi connectivity index (χ2n) is 4.42. The zero-order chi connectivity index (χ0) is 11.3. The Hall–Kier alpha value is 0.200. The lowest BCUT2D eigenvalue weighted by molar-refractivity contribution is 0.194. The Bertz CT molecular complexity index is 271. The first-order valence-electron chi connectivity index (χ1n) is 5.47. The molecule has 0 spiro atoms. The van der Waals surface area contributed by atoms with Crippen LogP contribution in [0.4, 0.5) is 0 Å². The molecule has 3 nitrogen and oxygen atoms in total. The lowest BCUT2D eigenvalue weighted by atomic mass is 9.99. The molecule has 5 heteroatoms. The Morgan fingerprint density at radius 2 is 1.93 bits per heavy atom. The van der Waals surface area contributed by atoms with Gasteiger partial charge in [-0.05, 0) is 44.8 Å². The maximum atomic E-state index is 10.9. The van der Waals surface area contributed by atoms with E-state index in [2.05, 4.69) is 4.90 Å². The summed E-state index contributed by atoms with van der Waals surface area (Å²) in [6.07, 6.45) is 4.36. The fourth-order valence-electron chi connectivity index (χ4n) is 1.91. The van der Waals surface area contributed by atoms with Gasteiger partial charge in [0.05, 0.1) is 5.75 Å². The van der Waals surface area contributed by atoms with Gasteiger partial charge in [-0.1, -0.05) is 0 Å². The Kier molecular flexibility index (Phi) is 5.36. The molecule has 1 aliphatic heterocycles. The third-order valence-electron chi connectivity index (χ3n) is 2.91. The lowest BCUT2D eigenvalue weighted by Gasteiger charge is -2.30. The number of hydrogen-bond donors (Lipinski definition) is 0. The second kappa shape index (κ2) is 6.06. The van der Waals surface area contributed by atoms with Crippen LogP contribution in [0.25, 0.3) is 0 Å². The zero-order valence-corrected chi connectivity index (χ0v) is 10.9. The fraction of sp³-hybridized carbons (Fsp3) is 1.00. The van der Waals surface area contributed by atoms with Crippen LogP contribution in [0.3, 0.4) is 0 Å². The first-order valence-corrected chi connectivity index (χ1v) is 8.07. The molecule has 0 radical (unpaired) electrons. The molecule has 0 atom stereocenters. The number of halogens is 1. The number of likely N-dealkylation sites (tertiary alicyclic amines) is 1. The van der Waals surface area contributed by atoms with Gasteiger partial charge < -0.3 is 4.90 Å². The second-order valence-corrected chi connectivity index (χ2v) is 6.99. The predicted molar refractivity (Wildman–Crippen MR) is 64.2 cm³/mol. The summed E-state index contributed by atoms with van der Waals surface area (Å²) in [4.78, 5) is 2.34. The van der Waals surface area contributed by atoms with E-state index in [0.717, 1.165) is 44.8 Å². The van der Waals surface area contributed by atoms with Crippen LogP contribution in [0.1, 0.15) is 19.3 Å². The first kappa shape index (κ1) is 13.3. The van der Waals surface area contributed by atoms with Crippen LogP contribution in [-0.2, 0) is 9.84 Å². The maximum Gasteiger partial charge on any atom is 0.147 e. The van der Waals surface area contributed by atoms with Gasteiger partial charge in [0.25, 0.3) is 0 Å². The number of rotatable bonds is 5. The molecular weight excluding hydrogens is 234 g/mol. The van der Waals surface area contributed by atoms with Crippen LogP contribution >= 0.6 is 11.6 Å². The Morgan fingerprint density at radius 3 is 2.40 bits per heavy atom. The van der Waals surface area contributed by atoms with E-state index in [1.54, 1.807) is 0 Å². The molecule has 1 aliphatic rings. The van der Waals surface area contributed by atoms with Crippen molar-refractivity contribution in [1.82, 2.24) is 4.90 Å². The van der Waals surface area contributed by atoms with Crippen molar-refractivity contribution in [2.24, 2.45) is 5.92 Å². The molecule has 0 aliphatic carbocycles. The zero-order valence-electron chi connectivity index (χ0n) is 9.28. The number of nitrogens with zero attached hydrogens (tertiary/aromatic N) is 1. The van der Waals surface area contributed by atoms with Crippen LogP contribution in [0, 0.1) is 5.92 Å². The van der Waals surface area contributed by atoms with E-state index in [1.165, 1.54) is 6.26 Å². The third kappa shape index (κ3) is 5.73. The summed E-state index contributed by atoms with van der Waals surface area (Å²) in [7, 11) is -2.79. The fourth-order valence-corrected chi connectivity index (χ4v) is 2.88. The van der Waals surface area contributed by atoms with Gasteiger partial charge >= 0.3 is 0 Å². The molecule has 1 fully saturated rings. The normalized spacial score (nSPS) is 20.7. The van der Waals surface area contributed by atoms with Crippen LogP contribution in [0.5, 0.6) is 0 Å². The first-order chi connectivity index (χ1) is 7.01. The summed E-state index contributed by atoms with van der Waals surface area (Å²) in [5.41, 5.74) is 0. The summed E-state index contributed by atoms with van der Waals surface area (Å²) in [5, 5.41) is 0. The average Bonchev–Trinajstić information content (AvgIpc) is 2.17. The lowest BCUT2D eigenvalue weighted by Crippen LogP contribution is -2.35. The van der Waals surface area contributed by atoms with E-state index >= 15 is 0 Å². The smallest absolute Gasteiger partial charge is 0.147 e. The molecule has 0 amide bonds. The molecule has 0 unspecified atom stereocenters. The molecule has 0 bridgehead atoms. The molecular formula is C10H20ClNO2S. The average molecular weight is 254 g/mol. The predicted octanol–water partition coefficient (Wildman–Crippen LogP) is 1.37. The van der Waals surface area contributed by atoms with Crippen molar-refractivity contribution in [3.8, 4) is 0 Å². The minimum atomic E-state index is -2.79. The quantitative estimate of drug-likeness (QED) is 0.695. The van der Waals surface area contributed by atoms with Gasteiger partial charge in [-0.2, -0.15) is 0 Å². The van der Waals surface area contributed by atoms with E-state index in [9.17, 15) is 8.42 Å². The van der Waals surface area contributed by atoms with E-state index < -0.39 is 9.84 Å². The number of alkyl halides is 1. The van der Waals surface area contributed by atoms with Gasteiger partial charge in [-0.3, -0.25) is 0 Å². The van der Waals surface area contributed by atoms with Gasteiger partial charge in [0, 0.05) is 12.1 Å². The third-order valence-corrected chi connectivity index (χ3v) is 4.38. The monoisotopic (exact) mass is 253 g/mol. The molecule has 0 aromatic heterocycles. The number of sulfone groups is 1. The molecule has 0 saturated carbocycles. The van der Waals surface area contributed by atoms with E-state index in [-0.39, 0.29) is 0 Å². The van der Waals surface area contributed by atoms with Crippen LogP contribution in [-0.4, -0.2) is 50.8 Å². The molecule has 1 rings (SSSR count). The summed E-state index contributed by atoms with van der Waals surface area (Å²) >= 11 is 5.79.